The summed E-state index contributed by atoms with van der Waals surface area (Å²) in [5, 5.41) is 5.58. The van der Waals surface area contributed by atoms with Crippen molar-refractivity contribution >= 4 is 17.6 Å². The molecule has 3 amide bonds. The average Bonchev–Trinajstić information content (AvgIpc) is 2.48. The van der Waals surface area contributed by atoms with Crippen LogP contribution in [0.25, 0.3) is 0 Å². The molecule has 0 fully saturated rings. The van der Waals surface area contributed by atoms with E-state index >= 15 is 0 Å². The molecule has 0 saturated carbocycles. The molecule has 5 nitrogen and oxygen atoms in total. The summed E-state index contributed by atoms with van der Waals surface area (Å²) >= 11 is 0. The molecular weight excluding hydrogens is 278 g/mol. The number of rotatable bonds is 4. The Morgan fingerprint density at radius 1 is 1.09 bits per heavy atom. The number of carbonyl (C=O) groups is 2. The number of urea groups is 1. The van der Waals surface area contributed by atoms with Crippen LogP contribution in [-0.4, -0.2) is 11.9 Å². The third-order valence-electron chi connectivity index (χ3n) is 3.41. The van der Waals surface area contributed by atoms with Crippen molar-refractivity contribution in [1.29, 1.82) is 0 Å². The van der Waals surface area contributed by atoms with E-state index in [9.17, 15) is 9.59 Å². The molecule has 2 aromatic carbocycles. The van der Waals surface area contributed by atoms with Crippen molar-refractivity contribution in [2.24, 2.45) is 5.73 Å². The molecule has 0 bridgehead atoms. The van der Waals surface area contributed by atoms with Gasteiger partial charge in [-0.3, -0.25) is 4.79 Å². The molecule has 1 unspecified atom stereocenters. The fraction of sp³-hybridized carbons (Fsp3) is 0.176. The summed E-state index contributed by atoms with van der Waals surface area (Å²) in [5.41, 5.74) is 8.17. The molecule has 5 heteroatoms. The quantitative estimate of drug-likeness (QED) is 0.810. The van der Waals surface area contributed by atoms with Gasteiger partial charge in [0, 0.05) is 11.3 Å². The number of benzene rings is 2. The maximum absolute atomic E-state index is 12.0. The minimum Gasteiger partial charge on any atom is -0.366 e. The fourth-order valence-electron chi connectivity index (χ4n) is 2.14. The van der Waals surface area contributed by atoms with Gasteiger partial charge >= 0.3 is 6.03 Å². The standard InChI is InChI=1S/C17H19N3O2/c1-11-8-9-13(10-15(11)16(18)21)12(2)19-17(22)20-14-6-4-3-5-7-14/h3-10,12H,1-2H3,(H2,18,21)(H2,19,20,22). The fourth-order valence-corrected chi connectivity index (χ4v) is 2.14. The van der Waals surface area contributed by atoms with Gasteiger partial charge in [-0.15, -0.1) is 0 Å². The van der Waals surface area contributed by atoms with Crippen LogP contribution in [-0.2, 0) is 0 Å². The zero-order valence-electron chi connectivity index (χ0n) is 12.6. The number of hydrogen-bond acceptors (Lipinski definition) is 2. The first kappa shape index (κ1) is 15.6. The van der Waals surface area contributed by atoms with Crippen LogP contribution in [0.5, 0.6) is 0 Å². The number of para-hydroxylation sites is 1. The monoisotopic (exact) mass is 297 g/mol. The summed E-state index contributed by atoms with van der Waals surface area (Å²) in [6.07, 6.45) is 0. The topological polar surface area (TPSA) is 84.2 Å². The number of hydrogen-bond donors (Lipinski definition) is 3. The van der Waals surface area contributed by atoms with Crippen molar-refractivity contribution < 1.29 is 9.59 Å². The Bertz CT molecular complexity index is 684. The van der Waals surface area contributed by atoms with Crippen LogP contribution in [0.15, 0.2) is 48.5 Å². The second kappa shape index (κ2) is 6.76. The maximum atomic E-state index is 12.0. The highest BCUT2D eigenvalue weighted by Crippen LogP contribution is 2.17. The van der Waals surface area contributed by atoms with Crippen molar-refractivity contribution in [3.63, 3.8) is 0 Å². The second-order valence-corrected chi connectivity index (χ2v) is 5.12. The number of primary amides is 1. The summed E-state index contributed by atoms with van der Waals surface area (Å²) in [4.78, 5) is 23.4. The smallest absolute Gasteiger partial charge is 0.319 e. The Balaban J connectivity index is 2.06. The van der Waals surface area contributed by atoms with E-state index in [4.69, 9.17) is 5.73 Å². The van der Waals surface area contributed by atoms with E-state index in [1.165, 1.54) is 0 Å². The Morgan fingerprint density at radius 2 is 1.77 bits per heavy atom. The molecule has 0 saturated heterocycles. The number of anilines is 1. The van der Waals surface area contributed by atoms with E-state index in [0.29, 0.717) is 11.3 Å². The molecule has 0 aliphatic heterocycles. The SMILES string of the molecule is Cc1ccc(C(C)NC(=O)Nc2ccccc2)cc1C(N)=O. The largest absolute Gasteiger partial charge is 0.366 e. The van der Waals surface area contributed by atoms with E-state index in [1.807, 2.05) is 44.2 Å². The Kier molecular flexibility index (Phi) is 4.78. The maximum Gasteiger partial charge on any atom is 0.319 e. The van der Waals surface area contributed by atoms with Gasteiger partial charge in [0.15, 0.2) is 0 Å². The van der Waals surface area contributed by atoms with Gasteiger partial charge in [-0.2, -0.15) is 0 Å². The normalized spacial score (nSPS) is 11.5. The first-order valence-electron chi connectivity index (χ1n) is 7.00. The van der Waals surface area contributed by atoms with E-state index in [1.54, 1.807) is 18.2 Å². The molecule has 2 aromatic rings. The third-order valence-corrected chi connectivity index (χ3v) is 3.41. The van der Waals surface area contributed by atoms with E-state index in [2.05, 4.69) is 10.6 Å². The molecule has 0 aromatic heterocycles. The van der Waals surface area contributed by atoms with Crippen LogP contribution in [0, 0.1) is 6.92 Å². The van der Waals surface area contributed by atoms with Crippen molar-refractivity contribution in [1.82, 2.24) is 5.32 Å². The number of aryl methyl sites for hydroxylation is 1. The summed E-state index contributed by atoms with van der Waals surface area (Å²) in [7, 11) is 0. The van der Waals surface area contributed by atoms with Gasteiger partial charge in [0.2, 0.25) is 5.91 Å². The highest BCUT2D eigenvalue weighted by atomic mass is 16.2. The molecule has 2 rings (SSSR count). The van der Waals surface area contributed by atoms with Gasteiger partial charge in [0.05, 0.1) is 6.04 Å². The minimum atomic E-state index is -0.472. The van der Waals surface area contributed by atoms with E-state index in [-0.39, 0.29) is 12.1 Å². The summed E-state index contributed by atoms with van der Waals surface area (Å²) in [6, 6.07) is 14.0. The van der Waals surface area contributed by atoms with Gasteiger partial charge < -0.3 is 16.4 Å². The van der Waals surface area contributed by atoms with Crippen LogP contribution in [0.3, 0.4) is 0 Å². The zero-order valence-corrected chi connectivity index (χ0v) is 12.6. The molecule has 0 radical (unpaired) electrons. The number of nitrogens with two attached hydrogens (primary N) is 1. The Labute approximate surface area is 129 Å². The zero-order chi connectivity index (χ0) is 16.1. The summed E-state index contributed by atoms with van der Waals surface area (Å²) in [6.45, 7) is 3.67. The Morgan fingerprint density at radius 3 is 2.41 bits per heavy atom. The highest BCUT2D eigenvalue weighted by Gasteiger charge is 2.13. The number of amides is 3. The molecule has 22 heavy (non-hydrogen) atoms. The van der Waals surface area contributed by atoms with Gasteiger partial charge in [-0.1, -0.05) is 30.3 Å². The molecule has 0 heterocycles. The average molecular weight is 297 g/mol. The first-order chi connectivity index (χ1) is 10.5. The molecule has 1 atom stereocenters. The molecule has 4 N–H and O–H groups in total. The van der Waals surface area contributed by atoms with Crippen LogP contribution in [0.4, 0.5) is 10.5 Å². The van der Waals surface area contributed by atoms with Gasteiger partial charge in [0.25, 0.3) is 0 Å². The second-order valence-electron chi connectivity index (χ2n) is 5.12. The predicted octanol–water partition coefficient (Wildman–Crippen LogP) is 2.98. The molecular formula is C17H19N3O2. The molecule has 0 spiro atoms. The predicted molar refractivity (Wildman–Crippen MR) is 86.7 cm³/mol. The van der Waals surface area contributed by atoms with Crippen molar-refractivity contribution in [3.8, 4) is 0 Å². The Hall–Kier alpha value is -2.82. The lowest BCUT2D eigenvalue weighted by Crippen LogP contribution is -2.31. The summed E-state index contributed by atoms with van der Waals surface area (Å²) < 4.78 is 0. The van der Waals surface area contributed by atoms with E-state index in [0.717, 1.165) is 11.1 Å². The van der Waals surface area contributed by atoms with Crippen LogP contribution < -0.4 is 16.4 Å². The van der Waals surface area contributed by atoms with Crippen LogP contribution >= 0.6 is 0 Å². The van der Waals surface area contributed by atoms with Gasteiger partial charge in [-0.25, -0.2) is 4.79 Å². The third kappa shape index (κ3) is 3.85. The molecule has 0 aliphatic carbocycles. The molecule has 0 aliphatic rings. The lowest BCUT2D eigenvalue weighted by molar-refractivity contribution is 0.0999. The van der Waals surface area contributed by atoms with Gasteiger partial charge in [-0.05, 0) is 43.2 Å². The lowest BCUT2D eigenvalue weighted by atomic mass is 10.0. The first-order valence-corrected chi connectivity index (χ1v) is 7.00. The van der Waals surface area contributed by atoms with Crippen LogP contribution in [0.1, 0.15) is 34.5 Å². The van der Waals surface area contributed by atoms with E-state index < -0.39 is 5.91 Å². The minimum absolute atomic E-state index is 0.248. The van der Waals surface area contributed by atoms with Gasteiger partial charge in [0.1, 0.15) is 0 Å². The number of carbonyl (C=O) groups excluding carboxylic acids is 2. The van der Waals surface area contributed by atoms with Crippen molar-refractivity contribution in [3.05, 3.63) is 65.2 Å². The highest BCUT2D eigenvalue weighted by molar-refractivity contribution is 5.94. The summed E-state index contributed by atoms with van der Waals surface area (Å²) in [5.74, 6) is -0.472. The molecule has 114 valence electrons. The van der Waals surface area contributed by atoms with Crippen molar-refractivity contribution in [2.45, 2.75) is 19.9 Å². The lowest BCUT2D eigenvalue weighted by Gasteiger charge is -2.16. The van der Waals surface area contributed by atoms with Crippen molar-refractivity contribution in [2.75, 3.05) is 5.32 Å². The number of nitrogens with one attached hydrogen (secondary N) is 2. The van der Waals surface area contributed by atoms with Crippen LogP contribution in [0.2, 0.25) is 0 Å².